The molecule has 3 aliphatic heterocycles. The van der Waals surface area contributed by atoms with Crippen LogP contribution in [0.5, 0.6) is 5.75 Å². The number of para-hydroxylation sites is 1. The van der Waals surface area contributed by atoms with Crippen LogP contribution in [-0.4, -0.2) is 24.0 Å². The number of rotatable bonds is 2. The van der Waals surface area contributed by atoms with E-state index in [1.54, 1.807) is 24.8 Å². The van der Waals surface area contributed by atoms with E-state index in [1.807, 2.05) is 26.0 Å². The highest BCUT2D eigenvalue weighted by molar-refractivity contribution is 6.19. The van der Waals surface area contributed by atoms with E-state index in [0.717, 1.165) is 5.56 Å². The first-order valence-electron chi connectivity index (χ1n) is 11.0. The highest BCUT2D eigenvalue weighted by Gasteiger charge is 2.66. The maximum absolute atomic E-state index is 14.5. The Morgan fingerprint density at radius 2 is 2.03 bits per heavy atom. The van der Waals surface area contributed by atoms with Crippen LogP contribution in [0.3, 0.4) is 0 Å². The van der Waals surface area contributed by atoms with Gasteiger partial charge in [0.25, 0.3) is 0 Å². The summed E-state index contributed by atoms with van der Waals surface area (Å²) in [5.41, 5.74) is 5.08. The van der Waals surface area contributed by atoms with Crippen molar-refractivity contribution in [3.8, 4) is 5.75 Å². The Bertz CT molecular complexity index is 1320. The standard InChI is InChI=1S/C25H26N2O6/c1-6-31-21(28)18-20(26)33-16-10-13(3)32-22(29)17(16)25(18)15-9-7-8-14-12(2)11-24(4,5)27(19(14)15)23(25)30/h7-10,12H,6,11,26H2,1-5H3/t12-,25-/m1/s1. The fourth-order valence-corrected chi connectivity index (χ4v) is 5.85. The monoisotopic (exact) mass is 450 g/mol. The first-order valence-corrected chi connectivity index (χ1v) is 11.0. The minimum Gasteiger partial charge on any atom is -0.462 e. The molecule has 0 radical (unpaired) electrons. The fourth-order valence-electron chi connectivity index (χ4n) is 5.85. The Labute approximate surface area is 191 Å². The van der Waals surface area contributed by atoms with E-state index >= 15 is 0 Å². The van der Waals surface area contributed by atoms with Crippen LogP contribution in [-0.2, 0) is 19.7 Å². The summed E-state index contributed by atoms with van der Waals surface area (Å²) in [6, 6.07) is 7.10. The lowest BCUT2D eigenvalue weighted by Gasteiger charge is -2.44. The van der Waals surface area contributed by atoms with Crippen LogP contribution in [0.25, 0.3) is 0 Å². The molecule has 1 amide bonds. The molecular formula is C25H26N2O6. The highest BCUT2D eigenvalue weighted by Crippen LogP contribution is 2.60. The lowest BCUT2D eigenvalue weighted by atomic mass is 9.68. The zero-order valence-electron chi connectivity index (χ0n) is 19.3. The van der Waals surface area contributed by atoms with Crippen molar-refractivity contribution in [2.24, 2.45) is 5.73 Å². The normalized spacial score (nSPS) is 24.5. The maximum Gasteiger partial charge on any atom is 0.344 e. The third-order valence-corrected chi connectivity index (χ3v) is 6.90. The van der Waals surface area contributed by atoms with Gasteiger partial charge < -0.3 is 24.5 Å². The van der Waals surface area contributed by atoms with Gasteiger partial charge in [0, 0.05) is 17.2 Å². The number of fused-ring (bicyclic) bond motifs is 3. The SMILES string of the molecule is CCOC(=O)C1=C(N)Oc2cc(C)oc(=O)c2[C@@]12C(=O)N1c3c(cccc32)[C@H](C)CC1(C)C. The van der Waals surface area contributed by atoms with E-state index < -0.39 is 28.5 Å². The van der Waals surface area contributed by atoms with E-state index in [-0.39, 0.29) is 35.3 Å². The van der Waals surface area contributed by atoms with Crippen molar-refractivity contribution in [3.05, 3.63) is 68.6 Å². The van der Waals surface area contributed by atoms with Gasteiger partial charge in [-0.25, -0.2) is 9.59 Å². The van der Waals surface area contributed by atoms with E-state index in [0.29, 0.717) is 23.4 Å². The van der Waals surface area contributed by atoms with Gasteiger partial charge >= 0.3 is 11.6 Å². The van der Waals surface area contributed by atoms with Gasteiger partial charge in [-0.05, 0) is 45.6 Å². The summed E-state index contributed by atoms with van der Waals surface area (Å²) in [5, 5.41) is 0. The lowest BCUT2D eigenvalue weighted by molar-refractivity contribution is -0.141. The molecule has 0 saturated carbocycles. The van der Waals surface area contributed by atoms with Crippen LogP contribution in [0.4, 0.5) is 5.69 Å². The zero-order chi connectivity index (χ0) is 23.9. The molecular weight excluding hydrogens is 424 g/mol. The van der Waals surface area contributed by atoms with Crippen molar-refractivity contribution in [1.82, 2.24) is 0 Å². The fraction of sp³-hybridized carbons (Fsp3) is 0.400. The Morgan fingerprint density at radius 3 is 2.73 bits per heavy atom. The molecule has 2 aromatic rings. The van der Waals surface area contributed by atoms with Gasteiger partial charge in [0.2, 0.25) is 11.8 Å². The van der Waals surface area contributed by atoms with Gasteiger partial charge in [-0.3, -0.25) is 4.79 Å². The Kier molecular flexibility index (Phi) is 4.34. The van der Waals surface area contributed by atoms with Crippen molar-refractivity contribution < 1.29 is 23.5 Å². The summed E-state index contributed by atoms with van der Waals surface area (Å²) in [4.78, 5) is 42.9. The van der Waals surface area contributed by atoms with E-state index in [4.69, 9.17) is 19.6 Å². The number of nitrogens with two attached hydrogens (primary N) is 1. The van der Waals surface area contributed by atoms with Crippen LogP contribution in [0.2, 0.25) is 0 Å². The molecule has 3 aliphatic rings. The predicted octanol–water partition coefficient (Wildman–Crippen LogP) is 2.99. The topological polar surface area (TPSA) is 112 Å². The van der Waals surface area contributed by atoms with Crippen LogP contribution < -0.4 is 21.0 Å². The number of hydrogen-bond donors (Lipinski definition) is 1. The maximum atomic E-state index is 14.5. The Hall–Kier alpha value is -3.55. The predicted molar refractivity (Wildman–Crippen MR) is 120 cm³/mol. The molecule has 33 heavy (non-hydrogen) atoms. The summed E-state index contributed by atoms with van der Waals surface area (Å²) < 4.78 is 16.5. The molecule has 0 bridgehead atoms. The molecule has 8 heteroatoms. The van der Waals surface area contributed by atoms with Crippen LogP contribution >= 0.6 is 0 Å². The number of carbonyl (C=O) groups excluding carboxylic acids is 2. The number of hydrogen-bond acceptors (Lipinski definition) is 7. The Balaban J connectivity index is 1.97. The third-order valence-electron chi connectivity index (χ3n) is 6.90. The minimum absolute atomic E-state index is 0.0541. The smallest absolute Gasteiger partial charge is 0.344 e. The van der Waals surface area contributed by atoms with E-state index in [1.165, 1.54) is 6.07 Å². The second-order valence-corrected chi connectivity index (χ2v) is 9.50. The first kappa shape index (κ1) is 21.3. The molecule has 172 valence electrons. The molecule has 0 unspecified atom stereocenters. The van der Waals surface area contributed by atoms with Crippen molar-refractivity contribution in [3.63, 3.8) is 0 Å². The van der Waals surface area contributed by atoms with E-state index in [9.17, 15) is 14.4 Å². The van der Waals surface area contributed by atoms with Gasteiger partial charge in [0.15, 0.2) is 0 Å². The molecule has 8 nitrogen and oxygen atoms in total. The number of esters is 1. The summed E-state index contributed by atoms with van der Waals surface area (Å²) in [6.07, 6.45) is 0.713. The van der Waals surface area contributed by atoms with Gasteiger partial charge in [-0.1, -0.05) is 25.1 Å². The van der Waals surface area contributed by atoms with Crippen molar-refractivity contribution >= 4 is 17.6 Å². The minimum atomic E-state index is -1.83. The van der Waals surface area contributed by atoms with Crippen LogP contribution in [0.15, 0.2) is 44.9 Å². The Morgan fingerprint density at radius 1 is 1.30 bits per heavy atom. The largest absolute Gasteiger partial charge is 0.462 e. The van der Waals surface area contributed by atoms with Gasteiger partial charge in [-0.15, -0.1) is 0 Å². The molecule has 1 aromatic heterocycles. The molecule has 1 spiro atoms. The number of amides is 1. The molecule has 2 N–H and O–H groups in total. The number of ether oxygens (including phenoxy) is 2. The molecule has 5 rings (SSSR count). The van der Waals surface area contributed by atoms with Crippen molar-refractivity contribution in [1.29, 1.82) is 0 Å². The number of carbonyl (C=O) groups is 2. The zero-order valence-corrected chi connectivity index (χ0v) is 19.3. The first-order chi connectivity index (χ1) is 15.6. The van der Waals surface area contributed by atoms with Crippen molar-refractivity contribution in [2.45, 2.75) is 57.9 Å². The summed E-state index contributed by atoms with van der Waals surface area (Å²) in [5.74, 6) is -0.939. The average molecular weight is 450 g/mol. The van der Waals surface area contributed by atoms with Crippen molar-refractivity contribution in [2.75, 3.05) is 11.5 Å². The molecule has 0 aliphatic carbocycles. The average Bonchev–Trinajstić information content (AvgIpc) is 2.96. The van der Waals surface area contributed by atoms with E-state index in [2.05, 4.69) is 6.92 Å². The molecule has 1 aromatic carbocycles. The van der Waals surface area contributed by atoms with Gasteiger partial charge in [0.1, 0.15) is 28.1 Å². The highest BCUT2D eigenvalue weighted by atomic mass is 16.5. The van der Waals surface area contributed by atoms with Gasteiger partial charge in [0.05, 0.1) is 12.3 Å². The van der Waals surface area contributed by atoms with Crippen LogP contribution in [0, 0.1) is 6.92 Å². The molecule has 2 atom stereocenters. The number of aryl methyl sites for hydroxylation is 1. The second kappa shape index (κ2) is 6.73. The number of nitrogens with zero attached hydrogens (tertiary/aromatic N) is 1. The summed E-state index contributed by atoms with van der Waals surface area (Å²) in [7, 11) is 0. The number of benzene rings is 1. The van der Waals surface area contributed by atoms with Crippen LogP contribution in [0.1, 0.15) is 62.5 Å². The molecule has 0 fully saturated rings. The second-order valence-electron chi connectivity index (χ2n) is 9.50. The summed E-state index contributed by atoms with van der Waals surface area (Å²) >= 11 is 0. The third kappa shape index (κ3) is 2.54. The summed E-state index contributed by atoms with van der Waals surface area (Å²) in [6.45, 7) is 9.39. The molecule has 4 heterocycles. The van der Waals surface area contributed by atoms with Gasteiger partial charge in [-0.2, -0.15) is 0 Å². The quantitative estimate of drug-likeness (QED) is 0.700. The lowest BCUT2D eigenvalue weighted by Crippen LogP contribution is -2.56. The number of anilines is 1. The molecule has 0 saturated heterocycles.